The van der Waals surface area contributed by atoms with Crippen molar-refractivity contribution in [2.24, 2.45) is 11.5 Å². The first-order valence-electron chi connectivity index (χ1n) is 9.51. The van der Waals surface area contributed by atoms with E-state index in [2.05, 4.69) is 41.3 Å². The average Bonchev–Trinajstić information content (AvgIpc) is 2.69. The van der Waals surface area contributed by atoms with E-state index in [1.807, 2.05) is 17.0 Å². The molecular weight excluding hydrogens is 340 g/mol. The Labute approximate surface area is 162 Å². The fourth-order valence-corrected chi connectivity index (χ4v) is 3.18. The maximum atomic E-state index is 9.16. The lowest BCUT2D eigenvalue weighted by Gasteiger charge is -2.24. The highest BCUT2D eigenvalue weighted by Crippen LogP contribution is 2.19. The van der Waals surface area contributed by atoms with Gasteiger partial charge in [0.05, 0.1) is 13.2 Å². The molecule has 0 atom stereocenters. The molecule has 0 radical (unpaired) electrons. The van der Waals surface area contributed by atoms with Crippen LogP contribution in [0.5, 0.6) is 0 Å². The van der Waals surface area contributed by atoms with Gasteiger partial charge in [-0.15, -0.1) is 0 Å². The standard InChI is InChI=1S/C21H32N4O2/c22-9-11-24(12-10-23)20-5-1-18(2-6-20)17-19-3-7-21(8-4-19)25(13-15-26)14-16-27/h1-8,26-27H,9-17,22-23H2. The molecule has 2 aromatic rings. The van der Waals surface area contributed by atoms with Crippen LogP contribution in [-0.2, 0) is 6.42 Å². The van der Waals surface area contributed by atoms with Gasteiger partial charge in [-0.05, 0) is 41.8 Å². The van der Waals surface area contributed by atoms with Crippen molar-refractivity contribution in [1.82, 2.24) is 0 Å². The van der Waals surface area contributed by atoms with E-state index in [1.165, 1.54) is 11.1 Å². The van der Waals surface area contributed by atoms with E-state index in [0.717, 1.165) is 30.9 Å². The summed E-state index contributed by atoms with van der Waals surface area (Å²) in [4.78, 5) is 4.18. The van der Waals surface area contributed by atoms with Crippen LogP contribution >= 0.6 is 0 Å². The summed E-state index contributed by atoms with van der Waals surface area (Å²) in [7, 11) is 0. The molecule has 0 bridgehead atoms. The monoisotopic (exact) mass is 372 g/mol. The molecule has 6 nitrogen and oxygen atoms in total. The Bertz CT molecular complexity index is 577. The van der Waals surface area contributed by atoms with Crippen LogP contribution in [0.3, 0.4) is 0 Å². The van der Waals surface area contributed by atoms with Crippen LogP contribution < -0.4 is 21.3 Å². The molecule has 0 aromatic heterocycles. The molecule has 0 aliphatic carbocycles. The molecule has 6 heteroatoms. The van der Waals surface area contributed by atoms with E-state index >= 15 is 0 Å². The lowest BCUT2D eigenvalue weighted by Crippen LogP contribution is -2.33. The summed E-state index contributed by atoms with van der Waals surface area (Å²) in [6.07, 6.45) is 0.855. The minimum absolute atomic E-state index is 0.0689. The normalized spacial score (nSPS) is 10.8. The molecule has 0 fully saturated rings. The molecular formula is C21H32N4O2. The summed E-state index contributed by atoms with van der Waals surface area (Å²) in [5.74, 6) is 0. The molecule has 27 heavy (non-hydrogen) atoms. The lowest BCUT2D eigenvalue weighted by molar-refractivity contribution is 0.281. The number of benzene rings is 2. The van der Waals surface area contributed by atoms with Crippen LogP contribution in [0.25, 0.3) is 0 Å². The Kier molecular flexibility index (Phi) is 9.07. The van der Waals surface area contributed by atoms with Crippen LogP contribution in [0.4, 0.5) is 11.4 Å². The highest BCUT2D eigenvalue weighted by Gasteiger charge is 2.07. The third kappa shape index (κ3) is 6.52. The van der Waals surface area contributed by atoms with E-state index < -0.39 is 0 Å². The zero-order valence-corrected chi connectivity index (χ0v) is 15.9. The van der Waals surface area contributed by atoms with Gasteiger partial charge in [0.15, 0.2) is 0 Å². The third-order valence-electron chi connectivity index (χ3n) is 4.55. The quantitative estimate of drug-likeness (QED) is 0.440. The summed E-state index contributed by atoms with van der Waals surface area (Å²) < 4.78 is 0. The van der Waals surface area contributed by atoms with Gasteiger partial charge < -0.3 is 31.5 Å². The summed E-state index contributed by atoms with van der Waals surface area (Å²) >= 11 is 0. The number of aliphatic hydroxyl groups excluding tert-OH is 2. The number of hydrogen-bond donors (Lipinski definition) is 4. The maximum Gasteiger partial charge on any atom is 0.0606 e. The van der Waals surface area contributed by atoms with Crippen LogP contribution in [-0.4, -0.2) is 62.7 Å². The molecule has 0 saturated heterocycles. The van der Waals surface area contributed by atoms with Crippen molar-refractivity contribution in [3.05, 3.63) is 59.7 Å². The van der Waals surface area contributed by atoms with Crippen molar-refractivity contribution in [1.29, 1.82) is 0 Å². The molecule has 0 amide bonds. The molecule has 0 aliphatic rings. The fraction of sp³-hybridized carbons (Fsp3) is 0.429. The van der Waals surface area contributed by atoms with Crippen molar-refractivity contribution in [3.8, 4) is 0 Å². The van der Waals surface area contributed by atoms with Gasteiger partial charge >= 0.3 is 0 Å². The zero-order chi connectivity index (χ0) is 19.5. The predicted octanol–water partition coefficient (Wildman–Crippen LogP) is 0.792. The number of anilines is 2. The summed E-state index contributed by atoms with van der Waals surface area (Å²) in [6.45, 7) is 3.99. The molecule has 0 spiro atoms. The number of hydrogen-bond acceptors (Lipinski definition) is 6. The molecule has 0 unspecified atom stereocenters. The van der Waals surface area contributed by atoms with E-state index in [9.17, 15) is 0 Å². The zero-order valence-electron chi connectivity index (χ0n) is 15.9. The Morgan fingerprint density at radius 2 is 0.963 bits per heavy atom. The number of nitrogens with zero attached hydrogens (tertiary/aromatic N) is 2. The minimum atomic E-state index is 0.0689. The molecule has 2 rings (SSSR count). The van der Waals surface area contributed by atoms with Gasteiger partial charge in [-0.3, -0.25) is 0 Å². The van der Waals surface area contributed by atoms with Crippen LogP contribution in [0, 0.1) is 0 Å². The highest BCUT2D eigenvalue weighted by atomic mass is 16.3. The van der Waals surface area contributed by atoms with Gasteiger partial charge in [0.2, 0.25) is 0 Å². The van der Waals surface area contributed by atoms with E-state index in [-0.39, 0.29) is 13.2 Å². The highest BCUT2D eigenvalue weighted by molar-refractivity contribution is 5.50. The molecule has 148 valence electrons. The van der Waals surface area contributed by atoms with E-state index in [1.54, 1.807) is 0 Å². The molecule has 6 N–H and O–H groups in total. The predicted molar refractivity (Wildman–Crippen MR) is 112 cm³/mol. The Morgan fingerprint density at radius 3 is 1.30 bits per heavy atom. The van der Waals surface area contributed by atoms with Crippen molar-refractivity contribution in [2.45, 2.75) is 6.42 Å². The van der Waals surface area contributed by atoms with E-state index in [0.29, 0.717) is 26.2 Å². The van der Waals surface area contributed by atoms with Crippen molar-refractivity contribution >= 4 is 11.4 Å². The van der Waals surface area contributed by atoms with Gasteiger partial charge in [0.1, 0.15) is 0 Å². The third-order valence-corrected chi connectivity index (χ3v) is 4.55. The van der Waals surface area contributed by atoms with Gasteiger partial charge in [-0.25, -0.2) is 0 Å². The Morgan fingerprint density at radius 1 is 0.593 bits per heavy atom. The summed E-state index contributed by atoms with van der Waals surface area (Å²) in [6, 6.07) is 16.8. The largest absolute Gasteiger partial charge is 0.395 e. The van der Waals surface area contributed by atoms with Crippen molar-refractivity contribution < 1.29 is 10.2 Å². The van der Waals surface area contributed by atoms with Gasteiger partial charge in [-0.1, -0.05) is 24.3 Å². The first-order valence-corrected chi connectivity index (χ1v) is 9.51. The first kappa shape index (κ1) is 21.2. The van der Waals surface area contributed by atoms with E-state index in [4.69, 9.17) is 21.7 Å². The molecule has 0 heterocycles. The summed E-state index contributed by atoms with van der Waals surface area (Å²) in [5.41, 5.74) is 16.0. The summed E-state index contributed by atoms with van der Waals surface area (Å²) in [5, 5.41) is 18.3. The van der Waals surface area contributed by atoms with Gasteiger partial charge in [-0.2, -0.15) is 0 Å². The van der Waals surface area contributed by atoms with Crippen LogP contribution in [0.2, 0.25) is 0 Å². The number of rotatable bonds is 12. The topological polar surface area (TPSA) is 99.0 Å². The Balaban J connectivity index is 2.02. The molecule has 2 aromatic carbocycles. The minimum Gasteiger partial charge on any atom is -0.395 e. The molecule has 0 aliphatic heterocycles. The average molecular weight is 373 g/mol. The molecule has 0 saturated carbocycles. The van der Waals surface area contributed by atoms with Gasteiger partial charge in [0, 0.05) is 50.6 Å². The van der Waals surface area contributed by atoms with Crippen LogP contribution in [0.15, 0.2) is 48.5 Å². The second kappa shape index (κ2) is 11.6. The lowest BCUT2D eigenvalue weighted by atomic mass is 10.0. The Hall–Kier alpha value is -2.12. The van der Waals surface area contributed by atoms with Crippen LogP contribution in [0.1, 0.15) is 11.1 Å². The SMILES string of the molecule is NCCN(CCN)c1ccc(Cc2ccc(N(CCO)CCO)cc2)cc1. The number of nitrogens with two attached hydrogens (primary N) is 2. The second-order valence-corrected chi connectivity index (χ2v) is 6.51. The van der Waals surface area contributed by atoms with Crippen molar-refractivity contribution in [2.75, 3.05) is 62.3 Å². The fourth-order valence-electron chi connectivity index (χ4n) is 3.18. The van der Waals surface area contributed by atoms with Gasteiger partial charge in [0.25, 0.3) is 0 Å². The van der Waals surface area contributed by atoms with Crippen molar-refractivity contribution in [3.63, 3.8) is 0 Å². The first-order chi connectivity index (χ1) is 13.2. The maximum absolute atomic E-state index is 9.16. The number of aliphatic hydroxyl groups is 2. The second-order valence-electron chi connectivity index (χ2n) is 6.51. The smallest absolute Gasteiger partial charge is 0.0606 e.